The highest BCUT2D eigenvalue weighted by Gasteiger charge is 2.17. The average molecular weight is 811 g/mol. The number of hydrogen-bond acceptors (Lipinski definition) is 5. The Labute approximate surface area is 360 Å². The van der Waals surface area contributed by atoms with Gasteiger partial charge in [0.1, 0.15) is 6.61 Å². The maximum Gasteiger partial charge on any atom is 0.306 e. The van der Waals surface area contributed by atoms with E-state index in [1.54, 1.807) is 0 Å². The fraction of sp³-hybridized carbons (Fsp3) is 0.774. The van der Waals surface area contributed by atoms with E-state index in [1.807, 2.05) is 0 Å². The van der Waals surface area contributed by atoms with Crippen molar-refractivity contribution in [1.29, 1.82) is 0 Å². The highest BCUT2D eigenvalue weighted by Crippen LogP contribution is 2.13. The monoisotopic (exact) mass is 811 g/mol. The lowest BCUT2D eigenvalue weighted by molar-refractivity contribution is -0.163. The first-order chi connectivity index (χ1) is 28.6. The van der Waals surface area contributed by atoms with Gasteiger partial charge in [0.2, 0.25) is 0 Å². The van der Waals surface area contributed by atoms with Gasteiger partial charge in [0.25, 0.3) is 0 Å². The summed E-state index contributed by atoms with van der Waals surface area (Å²) in [5.41, 5.74) is 0. The molecule has 1 unspecified atom stereocenters. The van der Waals surface area contributed by atoms with Crippen LogP contribution in [-0.4, -0.2) is 37.9 Å². The quantitative estimate of drug-likeness (QED) is 0.0348. The van der Waals surface area contributed by atoms with Gasteiger partial charge in [-0.1, -0.05) is 184 Å². The van der Waals surface area contributed by atoms with Gasteiger partial charge in [-0.05, 0) is 103 Å². The molecule has 0 aliphatic heterocycles. The van der Waals surface area contributed by atoms with Crippen LogP contribution in [0.25, 0.3) is 0 Å². The van der Waals surface area contributed by atoms with E-state index in [-0.39, 0.29) is 25.2 Å². The van der Waals surface area contributed by atoms with Crippen LogP contribution in [0.2, 0.25) is 0 Å². The third kappa shape index (κ3) is 46.3. The van der Waals surface area contributed by atoms with Crippen LogP contribution in [0.1, 0.15) is 239 Å². The summed E-state index contributed by atoms with van der Waals surface area (Å²) in [7, 11) is 0. The Balaban J connectivity index is 4.31. The first-order valence-corrected chi connectivity index (χ1v) is 24.8. The summed E-state index contributed by atoms with van der Waals surface area (Å²) < 4.78 is 17.4. The molecule has 0 spiro atoms. The molecule has 0 fully saturated rings. The van der Waals surface area contributed by atoms with Crippen molar-refractivity contribution >= 4 is 11.9 Å². The van der Waals surface area contributed by atoms with E-state index in [2.05, 4.69) is 81.5 Å². The molecule has 1 atom stereocenters. The van der Waals surface area contributed by atoms with Gasteiger partial charge in [-0.3, -0.25) is 9.59 Å². The number of rotatable bonds is 45. The molecule has 0 aromatic carbocycles. The summed E-state index contributed by atoms with van der Waals surface area (Å²) >= 11 is 0. The predicted octanol–water partition coefficient (Wildman–Crippen LogP) is 16.6. The lowest BCUT2D eigenvalue weighted by atomic mass is 10.1. The second-order valence-corrected chi connectivity index (χ2v) is 16.3. The molecule has 0 aromatic rings. The van der Waals surface area contributed by atoms with Crippen molar-refractivity contribution in [1.82, 2.24) is 0 Å². The van der Waals surface area contributed by atoms with Crippen molar-refractivity contribution in [3.05, 3.63) is 60.8 Å². The number of carbonyl (C=O) groups is 2. The van der Waals surface area contributed by atoms with Crippen molar-refractivity contribution in [2.24, 2.45) is 0 Å². The number of allylic oxidation sites excluding steroid dienone is 10. The van der Waals surface area contributed by atoms with E-state index in [4.69, 9.17) is 14.2 Å². The zero-order valence-electron chi connectivity index (χ0n) is 38.6. The van der Waals surface area contributed by atoms with E-state index in [1.165, 1.54) is 122 Å². The van der Waals surface area contributed by atoms with Gasteiger partial charge in [0.05, 0.1) is 6.61 Å². The Hall–Kier alpha value is -2.40. The maximum absolute atomic E-state index is 12.8. The molecule has 0 aliphatic carbocycles. The number of esters is 2. The van der Waals surface area contributed by atoms with Crippen molar-refractivity contribution < 1.29 is 23.8 Å². The average Bonchev–Trinajstić information content (AvgIpc) is 3.22. The van der Waals surface area contributed by atoms with E-state index in [0.29, 0.717) is 19.4 Å². The Kier molecular flexibility index (Phi) is 46.9. The molecule has 0 bridgehead atoms. The van der Waals surface area contributed by atoms with Gasteiger partial charge in [-0.2, -0.15) is 0 Å². The lowest BCUT2D eigenvalue weighted by Gasteiger charge is -2.18. The zero-order valence-corrected chi connectivity index (χ0v) is 38.6. The molecule has 58 heavy (non-hydrogen) atoms. The molecule has 0 saturated carbocycles. The SMILES string of the molecule is CC/C=C\C/C=C\C/C=C\CCCCCCCC(=O)OCC(COCCCCCCCC/C=C\CCCCCC)OC(=O)CCCCCCC/C=C\CCCCCC. The Morgan fingerprint density at radius 2 is 0.776 bits per heavy atom. The number of hydrogen-bond donors (Lipinski definition) is 0. The maximum atomic E-state index is 12.8. The van der Waals surface area contributed by atoms with Crippen LogP contribution < -0.4 is 0 Å². The van der Waals surface area contributed by atoms with Crippen LogP contribution in [0.5, 0.6) is 0 Å². The van der Waals surface area contributed by atoms with Crippen LogP contribution >= 0.6 is 0 Å². The van der Waals surface area contributed by atoms with E-state index < -0.39 is 6.10 Å². The van der Waals surface area contributed by atoms with Gasteiger partial charge in [-0.25, -0.2) is 0 Å². The van der Waals surface area contributed by atoms with E-state index in [0.717, 1.165) is 83.5 Å². The van der Waals surface area contributed by atoms with Crippen LogP contribution in [0.4, 0.5) is 0 Å². The second kappa shape index (κ2) is 49.0. The predicted molar refractivity (Wildman–Crippen MR) is 251 cm³/mol. The molecule has 0 heterocycles. The smallest absolute Gasteiger partial charge is 0.306 e. The molecule has 0 rings (SSSR count). The van der Waals surface area contributed by atoms with Crippen molar-refractivity contribution in [2.75, 3.05) is 19.8 Å². The minimum absolute atomic E-state index is 0.0703. The topological polar surface area (TPSA) is 61.8 Å². The van der Waals surface area contributed by atoms with Gasteiger partial charge in [0.15, 0.2) is 6.10 Å². The highest BCUT2D eigenvalue weighted by atomic mass is 16.6. The molecule has 0 aliphatic rings. The number of unbranched alkanes of at least 4 members (excludes halogenated alkanes) is 24. The molecular weight excluding hydrogens is 717 g/mol. The Morgan fingerprint density at radius 3 is 1.26 bits per heavy atom. The first-order valence-electron chi connectivity index (χ1n) is 24.8. The van der Waals surface area contributed by atoms with Gasteiger partial charge >= 0.3 is 11.9 Å². The summed E-state index contributed by atoms with van der Waals surface area (Å²) in [5.74, 6) is -0.427. The third-order valence-electron chi connectivity index (χ3n) is 10.5. The summed E-state index contributed by atoms with van der Waals surface area (Å²) in [6.45, 7) is 7.66. The second-order valence-electron chi connectivity index (χ2n) is 16.3. The minimum atomic E-state index is -0.550. The van der Waals surface area contributed by atoms with E-state index in [9.17, 15) is 9.59 Å². The minimum Gasteiger partial charge on any atom is -0.462 e. The summed E-state index contributed by atoms with van der Waals surface area (Å²) in [5, 5.41) is 0. The molecular formula is C53H94O5. The van der Waals surface area contributed by atoms with Crippen LogP contribution in [0.15, 0.2) is 60.8 Å². The fourth-order valence-electron chi connectivity index (χ4n) is 6.81. The van der Waals surface area contributed by atoms with Gasteiger partial charge in [-0.15, -0.1) is 0 Å². The molecule has 5 heteroatoms. The highest BCUT2D eigenvalue weighted by molar-refractivity contribution is 5.70. The standard InChI is InChI=1S/C53H94O5/c1-4-7-10-13-16-19-22-25-27-29-31-34-37-40-43-46-52(54)57-50-51(49-56-48-45-42-39-36-33-30-26-23-20-17-14-11-8-5-2)58-53(55)47-44-41-38-35-32-28-24-21-18-15-12-9-6-3/h7,10,16,19-21,23-25,27,51H,4-6,8-9,11-15,17-18,22,26,28-50H2,1-3H3/b10-7-,19-16-,23-20-,24-21-,27-25-. The first kappa shape index (κ1) is 55.6. The number of carbonyl (C=O) groups excluding carboxylic acids is 2. The zero-order chi connectivity index (χ0) is 42.1. The third-order valence-corrected chi connectivity index (χ3v) is 10.5. The normalized spacial score (nSPS) is 12.7. The fourth-order valence-corrected chi connectivity index (χ4v) is 6.81. The Morgan fingerprint density at radius 1 is 0.397 bits per heavy atom. The van der Waals surface area contributed by atoms with Gasteiger partial charge in [0, 0.05) is 19.4 Å². The van der Waals surface area contributed by atoms with Crippen molar-refractivity contribution in [2.45, 2.75) is 245 Å². The molecule has 0 N–H and O–H groups in total. The number of ether oxygens (including phenoxy) is 3. The molecule has 0 amide bonds. The van der Waals surface area contributed by atoms with E-state index >= 15 is 0 Å². The van der Waals surface area contributed by atoms with Crippen molar-refractivity contribution in [3.63, 3.8) is 0 Å². The summed E-state index contributed by atoms with van der Waals surface area (Å²) in [6.07, 6.45) is 60.8. The lowest BCUT2D eigenvalue weighted by Crippen LogP contribution is -2.30. The molecule has 0 radical (unpaired) electrons. The molecule has 0 aromatic heterocycles. The Bertz CT molecular complexity index is 1010. The molecule has 5 nitrogen and oxygen atoms in total. The largest absolute Gasteiger partial charge is 0.462 e. The van der Waals surface area contributed by atoms with Crippen LogP contribution in [-0.2, 0) is 23.8 Å². The van der Waals surface area contributed by atoms with Crippen molar-refractivity contribution in [3.8, 4) is 0 Å². The summed E-state index contributed by atoms with van der Waals surface area (Å²) in [6, 6.07) is 0. The molecule has 0 saturated heterocycles. The van der Waals surface area contributed by atoms with Crippen LogP contribution in [0.3, 0.4) is 0 Å². The van der Waals surface area contributed by atoms with Gasteiger partial charge < -0.3 is 14.2 Å². The molecule has 336 valence electrons. The van der Waals surface area contributed by atoms with Crippen LogP contribution in [0, 0.1) is 0 Å². The summed E-state index contributed by atoms with van der Waals surface area (Å²) in [4.78, 5) is 25.3.